The van der Waals surface area contributed by atoms with Crippen LogP contribution in [-0.2, 0) is 4.79 Å². The van der Waals surface area contributed by atoms with Gasteiger partial charge in [0, 0.05) is 12.6 Å². The fourth-order valence-corrected chi connectivity index (χ4v) is 1.19. The summed E-state index contributed by atoms with van der Waals surface area (Å²) in [4.78, 5) is 26.4. The maximum Gasteiger partial charge on any atom is 0.270 e. The molecule has 6 heteroatoms. The van der Waals surface area contributed by atoms with Crippen LogP contribution >= 0.6 is 11.6 Å². The number of carbonyl (C=O) groups is 2. The van der Waals surface area contributed by atoms with Crippen molar-refractivity contribution < 1.29 is 9.59 Å². The first kappa shape index (κ1) is 13.0. The molecule has 0 aliphatic rings. The van der Waals surface area contributed by atoms with Crippen LogP contribution in [0, 0.1) is 12.3 Å². The molecular weight excluding hydrogens is 242 g/mol. The number of hydrogen-bond acceptors (Lipinski definition) is 3. The number of nitrogens with one attached hydrogen (secondary N) is 1. The van der Waals surface area contributed by atoms with Crippen LogP contribution in [0.5, 0.6) is 0 Å². The van der Waals surface area contributed by atoms with Crippen LogP contribution in [0.3, 0.4) is 0 Å². The quantitative estimate of drug-likeness (QED) is 0.757. The summed E-state index contributed by atoms with van der Waals surface area (Å²) in [5.74, 6) is 1.04. The number of carbonyl (C=O) groups excluding carboxylic acids is 2. The molecule has 0 radical (unpaired) electrons. The lowest BCUT2D eigenvalue weighted by atomic mass is 10.2. The Balaban J connectivity index is 2.74. The zero-order valence-corrected chi connectivity index (χ0v) is 9.57. The van der Waals surface area contributed by atoms with Crippen LogP contribution in [0.25, 0.3) is 0 Å². The maximum atomic E-state index is 11.7. The Morgan fingerprint density at radius 2 is 2.29 bits per heavy atom. The summed E-state index contributed by atoms with van der Waals surface area (Å²) >= 11 is 5.63. The molecule has 1 aromatic heterocycles. The Morgan fingerprint density at radius 1 is 1.59 bits per heavy atom. The number of aromatic nitrogens is 1. The minimum Gasteiger partial charge on any atom is -0.368 e. The predicted molar refractivity (Wildman–Crippen MR) is 63.1 cm³/mol. The number of pyridine rings is 1. The summed E-state index contributed by atoms with van der Waals surface area (Å²) < 4.78 is 0. The largest absolute Gasteiger partial charge is 0.368 e. The van der Waals surface area contributed by atoms with Gasteiger partial charge in [-0.25, -0.2) is 4.98 Å². The van der Waals surface area contributed by atoms with Gasteiger partial charge >= 0.3 is 0 Å². The first-order chi connectivity index (χ1) is 8.04. The van der Waals surface area contributed by atoms with Crippen LogP contribution in [0.4, 0.5) is 0 Å². The summed E-state index contributed by atoms with van der Waals surface area (Å²) in [5.41, 5.74) is 5.22. The van der Waals surface area contributed by atoms with Gasteiger partial charge in [0.1, 0.15) is 11.7 Å². The Labute approximate surface area is 103 Å². The highest BCUT2D eigenvalue weighted by atomic mass is 35.5. The molecular formula is C11H10ClN3O2. The minimum atomic E-state index is -0.898. The molecule has 1 atom stereocenters. The Kier molecular flexibility index (Phi) is 4.49. The van der Waals surface area contributed by atoms with Gasteiger partial charge in [0.25, 0.3) is 5.91 Å². The molecule has 1 heterocycles. The van der Waals surface area contributed by atoms with Gasteiger partial charge in [-0.15, -0.1) is 12.3 Å². The molecule has 17 heavy (non-hydrogen) atoms. The number of rotatable bonds is 4. The molecule has 2 amide bonds. The molecule has 5 nitrogen and oxygen atoms in total. The van der Waals surface area contributed by atoms with E-state index in [4.69, 9.17) is 23.8 Å². The monoisotopic (exact) mass is 251 g/mol. The predicted octanol–water partition coefficient (Wildman–Crippen LogP) is 0.342. The van der Waals surface area contributed by atoms with E-state index in [2.05, 4.69) is 16.2 Å². The van der Waals surface area contributed by atoms with E-state index in [-0.39, 0.29) is 12.1 Å². The van der Waals surface area contributed by atoms with Gasteiger partial charge in [0.05, 0.1) is 5.02 Å². The van der Waals surface area contributed by atoms with Gasteiger partial charge in [-0.1, -0.05) is 11.6 Å². The summed E-state index contributed by atoms with van der Waals surface area (Å²) in [7, 11) is 0. The summed E-state index contributed by atoms with van der Waals surface area (Å²) in [6.45, 7) is 0. The average Bonchev–Trinajstić information content (AvgIpc) is 2.29. The van der Waals surface area contributed by atoms with E-state index in [1.165, 1.54) is 18.3 Å². The summed E-state index contributed by atoms with van der Waals surface area (Å²) in [6.07, 6.45) is 6.43. The minimum absolute atomic E-state index is 0.0364. The molecule has 0 fully saturated rings. The summed E-state index contributed by atoms with van der Waals surface area (Å²) in [6, 6.07) is 2.06. The van der Waals surface area contributed by atoms with Gasteiger partial charge < -0.3 is 11.1 Å². The van der Waals surface area contributed by atoms with Crippen molar-refractivity contribution in [3.05, 3.63) is 29.0 Å². The van der Waals surface area contributed by atoms with Gasteiger partial charge in [-0.05, 0) is 12.1 Å². The third-order valence-electron chi connectivity index (χ3n) is 1.93. The van der Waals surface area contributed by atoms with Gasteiger partial charge in [0.15, 0.2) is 0 Å². The highest BCUT2D eigenvalue weighted by Gasteiger charge is 2.18. The van der Waals surface area contributed by atoms with E-state index < -0.39 is 17.9 Å². The zero-order chi connectivity index (χ0) is 12.8. The Morgan fingerprint density at radius 3 is 2.76 bits per heavy atom. The summed E-state index contributed by atoms with van der Waals surface area (Å²) in [5, 5.41) is 2.81. The van der Waals surface area contributed by atoms with Crippen molar-refractivity contribution in [1.29, 1.82) is 0 Å². The highest BCUT2D eigenvalue weighted by molar-refractivity contribution is 6.30. The average molecular weight is 252 g/mol. The van der Waals surface area contributed by atoms with Crippen LogP contribution in [0.15, 0.2) is 18.3 Å². The molecule has 0 spiro atoms. The van der Waals surface area contributed by atoms with Crippen LogP contribution < -0.4 is 11.1 Å². The molecule has 0 aliphatic heterocycles. The normalized spacial score (nSPS) is 11.3. The van der Waals surface area contributed by atoms with Crippen molar-refractivity contribution >= 4 is 23.4 Å². The Bertz CT molecular complexity index is 465. The number of primary amides is 1. The number of amides is 2. The van der Waals surface area contributed by atoms with E-state index in [0.29, 0.717) is 5.02 Å². The van der Waals surface area contributed by atoms with Crippen molar-refractivity contribution in [3.63, 3.8) is 0 Å². The lowest BCUT2D eigenvalue weighted by Gasteiger charge is -2.12. The molecule has 0 saturated heterocycles. The number of nitrogens with two attached hydrogens (primary N) is 1. The molecule has 0 unspecified atom stereocenters. The van der Waals surface area contributed by atoms with E-state index in [9.17, 15) is 9.59 Å². The fourth-order valence-electron chi connectivity index (χ4n) is 1.08. The second-order valence-electron chi connectivity index (χ2n) is 3.20. The lowest BCUT2D eigenvalue weighted by Crippen LogP contribution is -2.44. The van der Waals surface area contributed by atoms with E-state index in [1.54, 1.807) is 0 Å². The molecule has 1 rings (SSSR count). The van der Waals surface area contributed by atoms with Crippen molar-refractivity contribution in [2.75, 3.05) is 0 Å². The number of nitrogens with zero attached hydrogens (tertiary/aromatic N) is 1. The van der Waals surface area contributed by atoms with Crippen LogP contribution in [-0.4, -0.2) is 22.8 Å². The smallest absolute Gasteiger partial charge is 0.270 e. The number of halogens is 1. The van der Waals surface area contributed by atoms with Crippen molar-refractivity contribution in [3.8, 4) is 12.3 Å². The maximum absolute atomic E-state index is 11.7. The fraction of sp³-hybridized carbons (Fsp3) is 0.182. The molecule has 1 aromatic rings. The first-order valence-electron chi connectivity index (χ1n) is 4.69. The molecule has 88 valence electrons. The van der Waals surface area contributed by atoms with Crippen LogP contribution in [0.1, 0.15) is 16.9 Å². The number of hydrogen-bond donors (Lipinski definition) is 2. The molecule has 0 aromatic carbocycles. The highest BCUT2D eigenvalue weighted by Crippen LogP contribution is 2.06. The Hall–Kier alpha value is -2.06. The topological polar surface area (TPSA) is 85.1 Å². The standard InChI is InChI=1S/C11H10ClN3O2/c1-2-3-8(10(13)16)15-11(17)9-5-4-7(12)6-14-9/h1,4-6,8H,3H2,(H2,13,16)(H,15,17)/t8-/m0/s1. The SMILES string of the molecule is C#CC[C@H](NC(=O)c1ccc(Cl)cn1)C(N)=O. The van der Waals surface area contributed by atoms with Crippen molar-refractivity contribution in [2.24, 2.45) is 5.73 Å². The lowest BCUT2D eigenvalue weighted by molar-refractivity contribution is -0.119. The van der Waals surface area contributed by atoms with Crippen molar-refractivity contribution in [2.45, 2.75) is 12.5 Å². The van der Waals surface area contributed by atoms with E-state index in [1.807, 2.05) is 0 Å². The van der Waals surface area contributed by atoms with Gasteiger partial charge in [-0.2, -0.15) is 0 Å². The van der Waals surface area contributed by atoms with Crippen molar-refractivity contribution in [1.82, 2.24) is 10.3 Å². The second kappa shape index (κ2) is 5.87. The zero-order valence-electron chi connectivity index (χ0n) is 8.81. The molecule has 0 saturated carbocycles. The van der Waals surface area contributed by atoms with Crippen LogP contribution in [0.2, 0.25) is 5.02 Å². The molecule has 0 bridgehead atoms. The first-order valence-corrected chi connectivity index (χ1v) is 5.07. The van der Waals surface area contributed by atoms with Gasteiger partial charge in [0.2, 0.25) is 5.91 Å². The van der Waals surface area contributed by atoms with E-state index in [0.717, 1.165) is 0 Å². The molecule has 0 aliphatic carbocycles. The second-order valence-corrected chi connectivity index (χ2v) is 3.63. The number of terminal acetylenes is 1. The third-order valence-corrected chi connectivity index (χ3v) is 2.15. The molecule has 3 N–H and O–H groups in total. The third kappa shape index (κ3) is 3.78. The van der Waals surface area contributed by atoms with E-state index >= 15 is 0 Å². The van der Waals surface area contributed by atoms with Gasteiger partial charge in [-0.3, -0.25) is 9.59 Å².